The van der Waals surface area contributed by atoms with E-state index in [-0.39, 0.29) is 0 Å². The van der Waals surface area contributed by atoms with Gasteiger partial charge in [-0.15, -0.1) is 0 Å². The Morgan fingerprint density at radius 2 is 2.00 bits per heavy atom. The van der Waals surface area contributed by atoms with Crippen LogP contribution < -0.4 is 0 Å². The van der Waals surface area contributed by atoms with Crippen LogP contribution in [0.5, 0.6) is 0 Å². The van der Waals surface area contributed by atoms with E-state index in [0.29, 0.717) is 0 Å². The molecule has 1 unspecified atom stereocenters. The highest BCUT2D eigenvalue weighted by Crippen LogP contribution is 2.42. The van der Waals surface area contributed by atoms with Gasteiger partial charge in [-0.05, 0) is 11.6 Å². The van der Waals surface area contributed by atoms with Gasteiger partial charge in [-0.2, -0.15) is 0 Å². The Balaban J connectivity index is 2.75. The topological polar surface area (TPSA) is 46.5 Å². The summed E-state index contributed by atoms with van der Waals surface area (Å²) in [5.74, 6) is 1.17. The van der Waals surface area contributed by atoms with Crippen LogP contribution in [0.15, 0.2) is 36.1 Å². The highest BCUT2D eigenvalue weighted by molar-refractivity contribution is 7.56. The van der Waals surface area contributed by atoms with Crippen LogP contribution >= 0.6 is 7.60 Å². The van der Waals surface area contributed by atoms with E-state index in [1.165, 1.54) is 12.9 Å². The van der Waals surface area contributed by atoms with Crippen LogP contribution in [0.4, 0.5) is 0 Å². The van der Waals surface area contributed by atoms with Crippen molar-refractivity contribution in [3.8, 4) is 0 Å². The summed E-state index contributed by atoms with van der Waals surface area (Å²) in [6, 6.07) is 9.27. The number of benzene rings is 1. The number of hydrogen-bond acceptors (Lipinski definition) is 2. The van der Waals surface area contributed by atoms with Gasteiger partial charge in [-0.3, -0.25) is 4.57 Å². The first-order chi connectivity index (χ1) is 6.14. The third kappa shape index (κ3) is 3.55. The molecular weight excluding hydrogens is 187 g/mol. The summed E-state index contributed by atoms with van der Waals surface area (Å²) in [7, 11) is -2.31. The summed E-state index contributed by atoms with van der Waals surface area (Å²) >= 11 is 0. The van der Waals surface area contributed by atoms with E-state index >= 15 is 0 Å². The van der Waals surface area contributed by atoms with Crippen LogP contribution in [-0.4, -0.2) is 12.0 Å². The molecular formula is C9H11O3P. The van der Waals surface area contributed by atoms with E-state index in [0.717, 1.165) is 5.56 Å². The largest absolute Gasteiger partial charge is 0.351 e. The molecule has 70 valence electrons. The maximum absolute atomic E-state index is 11.0. The summed E-state index contributed by atoms with van der Waals surface area (Å²) in [6.07, 6.45) is 1.56. The van der Waals surface area contributed by atoms with Gasteiger partial charge < -0.3 is 9.42 Å². The van der Waals surface area contributed by atoms with Gasteiger partial charge >= 0.3 is 7.60 Å². The second-order valence-electron chi connectivity index (χ2n) is 2.47. The molecule has 0 saturated carbocycles. The lowest BCUT2D eigenvalue weighted by molar-refractivity contribution is 0.327. The van der Waals surface area contributed by atoms with Crippen molar-refractivity contribution in [2.24, 2.45) is 0 Å². The van der Waals surface area contributed by atoms with Gasteiger partial charge in [0.05, 0.1) is 0 Å². The van der Waals surface area contributed by atoms with Gasteiger partial charge in [0.1, 0.15) is 0 Å². The third-order valence-electron chi connectivity index (χ3n) is 1.52. The lowest BCUT2D eigenvalue weighted by atomic mass is 10.2. The van der Waals surface area contributed by atoms with E-state index in [4.69, 9.17) is 4.89 Å². The van der Waals surface area contributed by atoms with Gasteiger partial charge in [0, 0.05) is 12.9 Å². The molecule has 0 fully saturated rings. The highest BCUT2D eigenvalue weighted by atomic mass is 31.2. The Hall–Kier alpha value is -0.890. The highest BCUT2D eigenvalue weighted by Gasteiger charge is 2.09. The minimum atomic E-state index is -3.52. The molecule has 1 aromatic rings. The molecule has 1 N–H and O–H groups in total. The molecule has 0 spiro atoms. The average molecular weight is 198 g/mol. The minimum Gasteiger partial charge on any atom is -0.321 e. The van der Waals surface area contributed by atoms with Crippen molar-refractivity contribution >= 4 is 13.7 Å². The van der Waals surface area contributed by atoms with Gasteiger partial charge in [0.2, 0.25) is 0 Å². The van der Waals surface area contributed by atoms with Gasteiger partial charge in [-0.1, -0.05) is 30.3 Å². The van der Waals surface area contributed by atoms with Crippen molar-refractivity contribution < 1.29 is 14.0 Å². The Bertz CT molecular complexity index is 332. The molecule has 0 bridgehead atoms. The Labute approximate surface area is 77.2 Å². The molecule has 4 heteroatoms. The molecule has 0 aliphatic carbocycles. The van der Waals surface area contributed by atoms with Crippen molar-refractivity contribution in [3.63, 3.8) is 0 Å². The summed E-state index contributed by atoms with van der Waals surface area (Å²) in [6.45, 7) is 0. The SMILES string of the molecule is COP(=O)(O)/C=C/c1ccccc1. The zero-order valence-electron chi connectivity index (χ0n) is 7.25. The zero-order valence-corrected chi connectivity index (χ0v) is 8.15. The smallest absolute Gasteiger partial charge is 0.321 e. The number of hydrogen-bond donors (Lipinski definition) is 1. The van der Waals surface area contributed by atoms with E-state index in [9.17, 15) is 4.57 Å². The third-order valence-corrected chi connectivity index (χ3v) is 2.57. The fourth-order valence-electron chi connectivity index (χ4n) is 0.805. The molecule has 1 atom stereocenters. The zero-order chi connectivity index (χ0) is 9.73. The van der Waals surface area contributed by atoms with Crippen LogP contribution in [0.3, 0.4) is 0 Å². The second kappa shape index (κ2) is 4.38. The summed E-state index contributed by atoms with van der Waals surface area (Å²) in [5, 5.41) is 0. The number of rotatable bonds is 3. The average Bonchev–Trinajstić information content (AvgIpc) is 2.17. The lowest BCUT2D eigenvalue weighted by Crippen LogP contribution is -1.77. The summed E-state index contributed by atoms with van der Waals surface area (Å²) in [4.78, 5) is 9.03. The van der Waals surface area contributed by atoms with Crippen molar-refractivity contribution in [2.45, 2.75) is 0 Å². The minimum absolute atomic E-state index is 0.869. The maximum atomic E-state index is 11.0. The predicted octanol–water partition coefficient (Wildman–Crippen LogP) is 2.49. The van der Waals surface area contributed by atoms with Crippen molar-refractivity contribution in [3.05, 3.63) is 41.7 Å². The molecule has 0 saturated heterocycles. The van der Waals surface area contributed by atoms with E-state index in [1.807, 2.05) is 30.3 Å². The van der Waals surface area contributed by atoms with Gasteiger partial charge in [0.25, 0.3) is 0 Å². The first kappa shape index (κ1) is 10.2. The van der Waals surface area contributed by atoms with Crippen LogP contribution in [0, 0.1) is 0 Å². The summed E-state index contributed by atoms with van der Waals surface area (Å²) in [5.41, 5.74) is 0.869. The molecule has 1 rings (SSSR count). The fourth-order valence-corrected chi connectivity index (χ4v) is 1.29. The van der Waals surface area contributed by atoms with Crippen LogP contribution in [0.2, 0.25) is 0 Å². The quantitative estimate of drug-likeness (QED) is 0.759. The van der Waals surface area contributed by atoms with Gasteiger partial charge in [-0.25, -0.2) is 0 Å². The molecule has 3 nitrogen and oxygen atoms in total. The van der Waals surface area contributed by atoms with Crippen molar-refractivity contribution in [2.75, 3.05) is 7.11 Å². The molecule has 0 aromatic heterocycles. The molecule has 1 aromatic carbocycles. The van der Waals surface area contributed by atoms with E-state index in [1.54, 1.807) is 6.08 Å². The Morgan fingerprint density at radius 3 is 2.54 bits per heavy atom. The molecule has 0 aliphatic heterocycles. The fraction of sp³-hybridized carbons (Fsp3) is 0.111. The van der Waals surface area contributed by atoms with Gasteiger partial charge in [0.15, 0.2) is 0 Å². The Morgan fingerprint density at radius 1 is 1.38 bits per heavy atom. The molecule has 0 radical (unpaired) electrons. The van der Waals surface area contributed by atoms with E-state index in [2.05, 4.69) is 4.52 Å². The lowest BCUT2D eigenvalue weighted by Gasteiger charge is -2.00. The maximum Gasteiger partial charge on any atom is 0.351 e. The van der Waals surface area contributed by atoms with Crippen LogP contribution in [0.25, 0.3) is 6.08 Å². The molecule has 0 aliphatic rings. The molecule has 13 heavy (non-hydrogen) atoms. The van der Waals surface area contributed by atoms with Crippen LogP contribution in [0.1, 0.15) is 5.56 Å². The predicted molar refractivity (Wildman–Crippen MR) is 52.3 cm³/mol. The molecule has 0 amide bonds. The first-order valence-corrected chi connectivity index (χ1v) is 5.41. The normalized spacial score (nSPS) is 15.8. The van der Waals surface area contributed by atoms with Crippen LogP contribution in [-0.2, 0) is 9.09 Å². The standard InChI is InChI=1S/C9H11O3P/c1-12-13(10,11)8-7-9-5-3-2-4-6-9/h2-8H,1H3,(H,10,11)/b8-7+. The Kier molecular flexibility index (Phi) is 3.43. The second-order valence-corrected chi connectivity index (χ2v) is 4.26. The van der Waals surface area contributed by atoms with Crippen molar-refractivity contribution in [1.29, 1.82) is 0 Å². The summed E-state index contributed by atoms with van der Waals surface area (Å²) < 4.78 is 15.4. The monoisotopic (exact) mass is 198 g/mol. The first-order valence-electron chi connectivity index (χ1n) is 3.76. The molecule has 0 heterocycles. The van der Waals surface area contributed by atoms with Crippen molar-refractivity contribution in [1.82, 2.24) is 0 Å². The van der Waals surface area contributed by atoms with E-state index < -0.39 is 7.60 Å².